The van der Waals surface area contributed by atoms with Gasteiger partial charge in [0.15, 0.2) is 0 Å². The number of carbonyl (C=O) groups is 2. The number of likely N-dealkylation sites (tertiary alicyclic amines) is 1. The largest absolute Gasteiger partial charge is 0.507 e. The molecule has 174 valence electrons. The zero-order chi connectivity index (χ0) is 23.7. The molecule has 0 saturated carbocycles. The molecule has 2 saturated heterocycles. The molecule has 1 N–H and O–H groups in total. The molecule has 0 aliphatic carbocycles. The second kappa shape index (κ2) is 9.35. The zero-order valence-corrected chi connectivity index (χ0v) is 19.0. The molecular weight excluding hydrogens is 425 g/mol. The summed E-state index contributed by atoms with van der Waals surface area (Å²) < 4.78 is 26.3. The predicted molar refractivity (Wildman–Crippen MR) is 121 cm³/mol. The molecule has 2 fully saturated rings. The van der Waals surface area contributed by atoms with Gasteiger partial charge in [0.2, 0.25) is 0 Å². The minimum absolute atomic E-state index is 0.0210. The van der Waals surface area contributed by atoms with Crippen LogP contribution in [0.5, 0.6) is 5.75 Å². The van der Waals surface area contributed by atoms with Gasteiger partial charge < -0.3 is 19.5 Å². The van der Waals surface area contributed by atoms with Crippen molar-refractivity contribution in [1.29, 1.82) is 0 Å². The molecule has 2 atom stereocenters. The highest BCUT2D eigenvalue weighted by molar-refractivity contribution is 6.46. The Hall–Kier alpha value is -3.19. The van der Waals surface area contributed by atoms with Gasteiger partial charge in [-0.1, -0.05) is 18.2 Å². The fourth-order valence-electron chi connectivity index (χ4n) is 4.43. The lowest BCUT2D eigenvalue weighted by Gasteiger charge is -2.27. The lowest BCUT2D eigenvalue weighted by molar-refractivity contribution is -0.140. The number of benzene rings is 2. The van der Waals surface area contributed by atoms with E-state index >= 15 is 0 Å². The Morgan fingerprint density at radius 2 is 2.00 bits per heavy atom. The van der Waals surface area contributed by atoms with E-state index in [9.17, 15) is 19.1 Å². The van der Waals surface area contributed by atoms with Gasteiger partial charge in [-0.3, -0.25) is 9.59 Å². The SMILES string of the molecule is Cc1cc(/C(O)=C2\C(=O)C(=O)N(CC3CCCO3)C2c2ccccc2F)ccc1OC(C)C. The van der Waals surface area contributed by atoms with Crippen LogP contribution in [0.4, 0.5) is 4.39 Å². The van der Waals surface area contributed by atoms with E-state index in [0.29, 0.717) is 17.9 Å². The topological polar surface area (TPSA) is 76.1 Å². The lowest BCUT2D eigenvalue weighted by Crippen LogP contribution is -2.36. The van der Waals surface area contributed by atoms with Crippen LogP contribution < -0.4 is 4.74 Å². The molecular formula is C26H28FNO5. The van der Waals surface area contributed by atoms with E-state index in [1.165, 1.54) is 17.0 Å². The molecule has 1 amide bonds. The summed E-state index contributed by atoms with van der Waals surface area (Å²) in [6.45, 7) is 6.40. The number of Topliss-reactive ketones (excluding diaryl/α,β-unsaturated/α-hetero) is 1. The van der Waals surface area contributed by atoms with Gasteiger partial charge in [0.1, 0.15) is 17.3 Å². The Morgan fingerprint density at radius 3 is 2.64 bits per heavy atom. The molecule has 2 aliphatic rings. The molecule has 2 aromatic rings. The van der Waals surface area contributed by atoms with Crippen LogP contribution in [0.15, 0.2) is 48.0 Å². The molecule has 0 radical (unpaired) electrons. The molecule has 0 spiro atoms. The molecule has 0 bridgehead atoms. The average Bonchev–Trinajstić information content (AvgIpc) is 3.37. The number of nitrogens with zero attached hydrogens (tertiary/aromatic N) is 1. The first-order valence-corrected chi connectivity index (χ1v) is 11.2. The maximum absolute atomic E-state index is 14.9. The van der Waals surface area contributed by atoms with Crippen molar-refractivity contribution in [3.8, 4) is 5.75 Å². The van der Waals surface area contributed by atoms with Gasteiger partial charge in [-0.2, -0.15) is 0 Å². The van der Waals surface area contributed by atoms with E-state index in [1.54, 1.807) is 30.3 Å². The Balaban J connectivity index is 1.81. The lowest BCUT2D eigenvalue weighted by atomic mass is 9.94. The molecule has 6 nitrogen and oxygen atoms in total. The highest BCUT2D eigenvalue weighted by atomic mass is 19.1. The highest BCUT2D eigenvalue weighted by Crippen LogP contribution is 2.41. The fourth-order valence-corrected chi connectivity index (χ4v) is 4.43. The Labute approximate surface area is 192 Å². The van der Waals surface area contributed by atoms with Crippen LogP contribution in [0.3, 0.4) is 0 Å². The quantitative estimate of drug-likeness (QED) is 0.395. The van der Waals surface area contributed by atoms with Gasteiger partial charge >= 0.3 is 0 Å². The normalized spacial score (nSPS) is 22.4. The summed E-state index contributed by atoms with van der Waals surface area (Å²) in [4.78, 5) is 27.4. The molecule has 0 aromatic heterocycles. The van der Waals surface area contributed by atoms with E-state index in [0.717, 1.165) is 18.4 Å². The van der Waals surface area contributed by atoms with Crippen LogP contribution in [-0.2, 0) is 14.3 Å². The Kier molecular flexibility index (Phi) is 6.51. The third kappa shape index (κ3) is 4.50. The van der Waals surface area contributed by atoms with Crippen LogP contribution in [0.2, 0.25) is 0 Å². The summed E-state index contributed by atoms with van der Waals surface area (Å²) in [5.74, 6) is -1.83. The maximum atomic E-state index is 14.9. The number of aryl methyl sites for hydroxylation is 1. The van der Waals surface area contributed by atoms with E-state index in [4.69, 9.17) is 9.47 Å². The summed E-state index contributed by atoms with van der Waals surface area (Å²) in [5, 5.41) is 11.2. The van der Waals surface area contributed by atoms with Crippen molar-refractivity contribution in [3.63, 3.8) is 0 Å². The number of ketones is 1. The number of halogens is 1. The van der Waals surface area contributed by atoms with Crippen LogP contribution in [0.25, 0.3) is 5.76 Å². The van der Waals surface area contributed by atoms with E-state index < -0.39 is 23.5 Å². The van der Waals surface area contributed by atoms with Gasteiger partial charge in [0.25, 0.3) is 11.7 Å². The van der Waals surface area contributed by atoms with Crippen molar-refractivity contribution < 1.29 is 28.6 Å². The fraction of sp³-hybridized carbons (Fsp3) is 0.385. The van der Waals surface area contributed by atoms with E-state index in [2.05, 4.69) is 0 Å². The number of aliphatic hydroxyl groups excluding tert-OH is 1. The third-order valence-corrected chi connectivity index (χ3v) is 5.98. The summed E-state index contributed by atoms with van der Waals surface area (Å²) in [7, 11) is 0. The van der Waals surface area contributed by atoms with Gasteiger partial charge in [0.05, 0.1) is 23.8 Å². The van der Waals surface area contributed by atoms with Gasteiger partial charge in [-0.05, 0) is 63.4 Å². The molecule has 33 heavy (non-hydrogen) atoms. The van der Waals surface area contributed by atoms with Crippen molar-refractivity contribution in [2.75, 3.05) is 13.2 Å². The number of aliphatic hydroxyl groups is 1. The monoisotopic (exact) mass is 453 g/mol. The van der Waals surface area contributed by atoms with Gasteiger partial charge in [0, 0.05) is 24.3 Å². The molecule has 2 unspecified atom stereocenters. The smallest absolute Gasteiger partial charge is 0.295 e. The van der Waals surface area contributed by atoms with Crippen LogP contribution >= 0.6 is 0 Å². The number of amides is 1. The van der Waals surface area contributed by atoms with Gasteiger partial charge in [-0.25, -0.2) is 4.39 Å². The molecule has 2 aliphatic heterocycles. The maximum Gasteiger partial charge on any atom is 0.295 e. The first kappa shape index (κ1) is 23.0. The molecule has 7 heteroatoms. The van der Waals surface area contributed by atoms with Crippen LogP contribution in [0.1, 0.15) is 49.4 Å². The van der Waals surface area contributed by atoms with Crippen molar-refractivity contribution in [2.24, 2.45) is 0 Å². The van der Waals surface area contributed by atoms with Crippen molar-refractivity contribution >= 4 is 17.4 Å². The zero-order valence-electron chi connectivity index (χ0n) is 19.0. The highest BCUT2D eigenvalue weighted by Gasteiger charge is 2.47. The molecule has 2 aromatic carbocycles. The number of carbonyl (C=O) groups excluding carboxylic acids is 2. The summed E-state index contributed by atoms with van der Waals surface area (Å²) in [6.07, 6.45) is 1.37. The average molecular weight is 454 g/mol. The molecule has 2 heterocycles. The first-order chi connectivity index (χ1) is 15.8. The first-order valence-electron chi connectivity index (χ1n) is 11.2. The number of hydrogen-bond donors (Lipinski definition) is 1. The summed E-state index contributed by atoms with van der Waals surface area (Å²) in [6, 6.07) is 10.0. The number of hydrogen-bond acceptors (Lipinski definition) is 5. The number of rotatable bonds is 6. The van der Waals surface area contributed by atoms with Crippen molar-refractivity contribution in [3.05, 3.63) is 70.5 Å². The number of ether oxygens (including phenoxy) is 2. The minimum Gasteiger partial charge on any atom is -0.507 e. The standard InChI is InChI=1S/C26H28FNO5/c1-15(2)33-21-11-10-17(13-16(21)3)24(29)22-23(19-8-4-5-9-20(19)27)28(26(31)25(22)30)14-18-7-6-12-32-18/h4-5,8-11,13,15,18,23,29H,6-7,12,14H2,1-3H3/b24-22+. The Bertz CT molecular complexity index is 1100. The van der Waals surface area contributed by atoms with E-state index in [1.807, 2.05) is 20.8 Å². The summed E-state index contributed by atoms with van der Waals surface area (Å²) >= 11 is 0. The predicted octanol–water partition coefficient (Wildman–Crippen LogP) is 4.52. The van der Waals surface area contributed by atoms with Crippen LogP contribution in [-0.4, -0.2) is 47.1 Å². The van der Waals surface area contributed by atoms with Crippen LogP contribution in [0, 0.1) is 12.7 Å². The van der Waals surface area contributed by atoms with Crippen molar-refractivity contribution in [2.45, 2.75) is 51.9 Å². The van der Waals surface area contributed by atoms with Gasteiger partial charge in [-0.15, -0.1) is 0 Å². The van der Waals surface area contributed by atoms with E-state index in [-0.39, 0.29) is 35.6 Å². The summed E-state index contributed by atoms with van der Waals surface area (Å²) in [5.41, 5.74) is 1.16. The second-order valence-corrected chi connectivity index (χ2v) is 8.75. The molecule has 4 rings (SSSR count). The van der Waals surface area contributed by atoms with Crippen molar-refractivity contribution in [1.82, 2.24) is 4.90 Å². The second-order valence-electron chi connectivity index (χ2n) is 8.75. The third-order valence-electron chi connectivity index (χ3n) is 5.98. The Morgan fingerprint density at radius 1 is 1.24 bits per heavy atom. The minimum atomic E-state index is -1.04.